The zero-order valence-corrected chi connectivity index (χ0v) is 18.3. The van der Waals surface area contributed by atoms with E-state index >= 15 is 0 Å². The number of anilines is 1. The minimum Gasteiger partial charge on any atom is -0.493 e. The van der Waals surface area contributed by atoms with Gasteiger partial charge in [0.1, 0.15) is 0 Å². The van der Waals surface area contributed by atoms with Crippen LogP contribution in [-0.2, 0) is 17.6 Å². The average molecular weight is 456 g/mol. The number of H-pyrrole nitrogens is 1. The van der Waals surface area contributed by atoms with Gasteiger partial charge >= 0.3 is 6.61 Å². The fraction of sp³-hybridized carbons (Fsp3) is 0.333. The molecule has 3 aromatic rings. The molecule has 1 unspecified atom stereocenters. The third-order valence-corrected chi connectivity index (χ3v) is 5.74. The molecule has 1 aliphatic rings. The van der Waals surface area contributed by atoms with Crippen LogP contribution < -0.4 is 14.4 Å². The number of halogens is 2. The number of amides is 1. The number of alkyl halides is 2. The summed E-state index contributed by atoms with van der Waals surface area (Å²) in [4.78, 5) is 24.1. The van der Waals surface area contributed by atoms with Crippen molar-refractivity contribution in [3.63, 3.8) is 0 Å². The van der Waals surface area contributed by atoms with E-state index in [0.717, 1.165) is 16.9 Å². The summed E-state index contributed by atoms with van der Waals surface area (Å²) in [5.41, 5.74) is 2.63. The maximum absolute atomic E-state index is 13.1. The number of carbonyl (C=O) groups is 1. The highest BCUT2D eigenvalue weighted by atomic mass is 19.3. The van der Waals surface area contributed by atoms with Gasteiger partial charge in [0, 0.05) is 43.3 Å². The van der Waals surface area contributed by atoms with Crippen molar-refractivity contribution in [3.05, 3.63) is 72.3 Å². The Kier molecular flexibility index (Phi) is 7.07. The first kappa shape index (κ1) is 22.6. The smallest absolute Gasteiger partial charge is 0.387 e. The second-order valence-corrected chi connectivity index (χ2v) is 7.84. The number of imidazole rings is 1. The lowest BCUT2D eigenvalue weighted by Crippen LogP contribution is -2.56. The highest BCUT2D eigenvalue weighted by molar-refractivity contribution is 5.79. The number of aromatic amines is 1. The molecule has 1 saturated heterocycles. The highest BCUT2D eigenvalue weighted by Crippen LogP contribution is 2.34. The van der Waals surface area contributed by atoms with Crippen LogP contribution in [0.4, 0.5) is 14.5 Å². The number of rotatable bonds is 8. The molecule has 2 aromatic carbocycles. The molecule has 1 N–H and O–H groups in total. The summed E-state index contributed by atoms with van der Waals surface area (Å²) in [6, 6.07) is 14.9. The van der Waals surface area contributed by atoms with Crippen LogP contribution in [0.5, 0.6) is 11.5 Å². The number of carbonyl (C=O) groups excluding carboxylic acids is 1. The normalized spacial score (nSPS) is 16.2. The quantitative estimate of drug-likeness (QED) is 0.562. The Morgan fingerprint density at radius 3 is 2.70 bits per heavy atom. The second kappa shape index (κ2) is 10.3. The molecule has 1 aromatic heterocycles. The van der Waals surface area contributed by atoms with Gasteiger partial charge in [0.2, 0.25) is 5.91 Å². The summed E-state index contributed by atoms with van der Waals surface area (Å²) in [5.74, 6) is 0.256. The molecule has 1 fully saturated rings. The molecule has 174 valence electrons. The second-order valence-electron chi connectivity index (χ2n) is 7.84. The monoisotopic (exact) mass is 456 g/mol. The van der Waals surface area contributed by atoms with Gasteiger partial charge in [-0.05, 0) is 24.1 Å². The van der Waals surface area contributed by atoms with Crippen LogP contribution in [-0.4, -0.2) is 60.2 Å². The van der Waals surface area contributed by atoms with Gasteiger partial charge < -0.3 is 24.3 Å². The van der Waals surface area contributed by atoms with Crippen LogP contribution in [0.25, 0.3) is 0 Å². The van der Waals surface area contributed by atoms with E-state index in [4.69, 9.17) is 4.74 Å². The summed E-state index contributed by atoms with van der Waals surface area (Å²) in [6.07, 6.45) is 4.15. The topological polar surface area (TPSA) is 70.7 Å². The number of benzene rings is 2. The number of ether oxygens (including phenoxy) is 2. The Hall–Kier alpha value is -3.62. The molecule has 0 radical (unpaired) electrons. The van der Waals surface area contributed by atoms with Crippen molar-refractivity contribution in [1.29, 1.82) is 0 Å². The van der Waals surface area contributed by atoms with Crippen LogP contribution >= 0.6 is 0 Å². The molecule has 9 heteroatoms. The molecular weight excluding hydrogens is 430 g/mol. The number of aromatic nitrogens is 2. The van der Waals surface area contributed by atoms with Crippen LogP contribution in [0, 0.1) is 0 Å². The number of methoxy groups -OCH3 is 1. The van der Waals surface area contributed by atoms with Crippen molar-refractivity contribution in [2.45, 2.75) is 25.5 Å². The van der Waals surface area contributed by atoms with E-state index in [0.29, 0.717) is 26.1 Å². The Morgan fingerprint density at radius 1 is 1.18 bits per heavy atom. The molecule has 1 atom stereocenters. The number of hydrogen-bond donors (Lipinski definition) is 1. The lowest BCUT2D eigenvalue weighted by molar-refractivity contribution is -0.133. The van der Waals surface area contributed by atoms with Crippen LogP contribution in [0.2, 0.25) is 0 Å². The summed E-state index contributed by atoms with van der Waals surface area (Å²) in [7, 11) is 1.41. The Balaban J connectivity index is 1.56. The maximum atomic E-state index is 13.1. The van der Waals surface area contributed by atoms with Gasteiger partial charge in [0.15, 0.2) is 11.5 Å². The first-order chi connectivity index (χ1) is 16.0. The molecule has 0 aliphatic carbocycles. The molecule has 4 rings (SSSR count). The minimum absolute atomic E-state index is 0.0117. The highest BCUT2D eigenvalue weighted by Gasteiger charge is 2.31. The summed E-state index contributed by atoms with van der Waals surface area (Å²) in [5, 5.41) is 0. The minimum atomic E-state index is -2.95. The van der Waals surface area contributed by atoms with E-state index in [1.807, 2.05) is 41.3 Å². The summed E-state index contributed by atoms with van der Waals surface area (Å²) < 4.78 is 35.5. The van der Waals surface area contributed by atoms with E-state index < -0.39 is 6.61 Å². The SMILES string of the molecule is COc1ccc(N2CCN(C(=O)Cc3cnc[nH]3)C(Cc3ccccc3)C2)cc1OC(F)F. The first-order valence-corrected chi connectivity index (χ1v) is 10.7. The molecule has 2 heterocycles. The van der Waals surface area contributed by atoms with Crippen molar-refractivity contribution < 1.29 is 23.0 Å². The van der Waals surface area contributed by atoms with E-state index in [-0.39, 0.29) is 29.9 Å². The predicted molar refractivity (Wildman–Crippen MR) is 120 cm³/mol. The van der Waals surface area contributed by atoms with Gasteiger partial charge in [-0.25, -0.2) is 4.98 Å². The first-order valence-electron chi connectivity index (χ1n) is 10.7. The molecule has 0 spiro atoms. The Morgan fingerprint density at radius 2 is 2.00 bits per heavy atom. The Labute approximate surface area is 190 Å². The number of nitrogens with one attached hydrogen (secondary N) is 1. The van der Waals surface area contributed by atoms with E-state index in [2.05, 4.69) is 19.6 Å². The van der Waals surface area contributed by atoms with E-state index in [9.17, 15) is 13.6 Å². The van der Waals surface area contributed by atoms with Crippen LogP contribution in [0.1, 0.15) is 11.3 Å². The van der Waals surface area contributed by atoms with Gasteiger partial charge in [-0.15, -0.1) is 0 Å². The molecule has 1 aliphatic heterocycles. The number of hydrogen-bond acceptors (Lipinski definition) is 5. The van der Waals surface area contributed by atoms with Crippen LogP contribution in [0.3, 0.4) is 0 Å². The van der Waals surface area contributed by atoms with Crippen molar-refractivity contribution in [3.8, 4) is 11.5 Å². The van der Waals surface area contributed by atoms with Crippen molar-refractivity contribution in [1.82, 2.24) is 14.9 Å². The number of piperazine rings is 1. The standard InChI is InChI=1S/C24H26F2N4O3/c1-32-21-8-7-19(13-22(21)33-24(25)26)29-9-10-30(23(31)12-18-14-27-16-28-18)20(15-29)11-17-5-3-2-4-6-17/h2-8,13-14,16,20,24H,9-12,15H2,1H3,(H,27,28). The van der Waals surface area contributed by atoms with Gasteiger partial charge in [0.05, 0.1) is 25.9 Å². The zero-order valence-electron chi connectivity index (χ0n) is 18.3. The third-order valence-electron chi connectivity index (χ3n) is 5.74. The largest absolute Gasteiger partial charge is 0.493 e. The fourth-order valence-corrected chi connectivity index (χ4v) is 4.18. The molecule has 33 heavy (non-hydrogen) atoms. The van der Waals surface area contributed by atoms with E-state index in [1.165, 1.54) is 7.11 Å². The van der Waals surface area contributed by atoms with Gasteiger partial charge in [0.25, 0.3) is 0 Å². The summed E-state index contributed by atoms with van der Waals surface area (Å²) >= 11 is 0. The fourth-order valence-electron chi connectivity index (χ4n) is 4.18. The zero-order chi connectivity index (χ0) is 23.2. The third kappa shape index (κ3) is 5.60. The molecule has 7 nitrogen and oxygen atoms in total. The van der Waals surface area contributed by atoms with Gasteiger partial charge in [-0.3, -0.25) is 4.79 Å². The molecule has 0 saturated carbocycles. The maximum Gasteiger partial charge on any atom is 0.387 e. The average Bonchev–Trinajstić information content (AvgIpc) is 3.32. The van der Waals surface area contributed by atoms with E-state index in [1.54, 1.807) is 24.7 Å². The summed E-state index contributed by atoms with van der Waals surface area (Å²) in [6.45, 7) is -1.30. The Bertz CT molecular complexity index is 1050. The van der Waals surface area contributed by atoms with Gasteiger partial charge in [-0.2, -0.15) is 8.78 Å². The predicted octanol–water partition coefficient (Wildman–Crippen LogP) is 3.52. The number of nitrogens with zero attached hydrogens (tertiary/aromatic N) is 3. The van der Waals surface area contributed by atoms with Crippen LogP contribution in [0.15, 0.2) is 61.1 Å². The molecule has 1 amide bonds. The lowest BCUT2D eigenvalue weighted by atomic mass is 10.0. The van der Waals surface area contributed by atoms with Crippen molar-refractivity contribution in [2.75, 3.05) is 31.6 Å². The molecule has 0 bridgehead atoms. The van der Waals surface area contributed by atoms with Crippen molar-refractivity contribution in [2.24, 2.45) is 0 Å². The molecular formula is C24H26F2N4O3. The van der Waals surface area contributed by atoms with Crippen molar-refractivity contribution >= 4 is 11.6 Å². The van der Waals surface area contributed by atoms with Gasteiger partial charge in [-0.1, -0.05) is 30.3 Å². The lowest BCUT2D eigenvalue weighted by Gasteiger charge is -2.43.